The van der Waals surface area contributed by atoms with Crippen molar-refractivity contribution in [3.8, 4) is 23.0 Å². The average Bonchev–Trinajstić information content (AvgIpc) is 2.94. The van der Waals surface area contributed by atoms with Gasteiger partial charge in [-0.15, -0.1) is 0 Å². The van der Waals surface area contributed by atoms with E-state index in [1.807, 2.05) is 0 Å². The van der Waals surface area contributed by atoms with Crippen LogP contribution >= 0.6 is 0 Å². The number of rotatable bonds is 6. The normalized spacial score (nSPS) is 15.1. The predicted octanol–water partition coefficient (Wildman–Crippen LogP) is 3.69. The maximum absolute atomic E-state index is 14.1. The highest BCUT2D eigenvalue weighted by Crippen LogP contribution is 2.49. The van der Waals surface area contributed by atoms with Gasteiger partial charge in [-0.25, -0.2) is 8.42 Å². The lowest BCUT2D eigenvalue weighted by atomic mass is 9.88. The van der Waals surface area contributed by atoms with Gasteiger partial charge in [0.05, 0.1) is 43.2 Å². The van der Waals surface area contributed by atoms with E-state index in [9.17, 15) is 13.2 Å². The largest absolute Gasteiger partial charge is 0.493 e. The molecule has 1 aliphatic rings. The zero-order valence-electron chi connectivity index (χ0n) is 21.2. The summed E-state index contributed by atoms with van der Waals surface area (Å²) in [6.45, 7) is 0. The summed E-state index contributed by atoms with van der Waals surface area (Å²) in [6, 6.07) is 18.3. The number of hydrogen-bond acceptors (Lipinski definition) is 8. The summed E-state index contributed by atoms with van der Waals surface area (Å²) in [5, 5.41) is 0.612. The average molecular weight is 535 g/mol. The third kappa shape index (κ3) is 3.76. The fourth-order valence-corrected chi connectivity index (χ4v) is 6.53. The van der Waals surface area contributed by atoms with Crippen molar-refractivity contribution in [3.63, 3.8) is 0 Å². The minimum Gasteiger partial charge on any atom is -0.493 e. The predicted molar refractivity (Wildman–Crippen MR) is 143 cm³/mol. The Morgan fingerprint density at radius 2 is 1.50 bits per heavy atom. The lowest BCUT2D eigenvalue weighted by Gasteiger charge is -2.30. The lowest BCUT2D eigenvalue weighted by Crippen LogP contribution is -2.33. The van der Waals surface area contributed by atoms with Crippen LogP contribution in [-0.4, -0.2) is 34.3 Å². The van der Waals surface area contributed by atoms with E-state index in [2.05, 4.69) is 0 Å². The number of nitrogens with zero attached hydrogens (tertiary/aromatic N) is 1. The van der Waals surface area contributed by atoms with Gasteiger partial charge in [0.1, 0.15) is 10.7 Å². The van der Waals surface area contributed by atoms with Crippen molar-refractivity contribution in [1.82, 2.24) is 4.57 Å². The van der Waals surface area contributed by atoms with Crippen LogP contribution in [0.5, 0.6) is 23.0 Å². The number of ether oxygens (including phenoxy) is 4. The minimum atomic E-state index is -4.22. The number of aromatic nitrogens is 1. The van der Waals surface area contributed by atoms with Gasteiger partial charge in [0.25, 0.3) is 5.56 Å². The van der Waals surface area contributed by atoms with E-state index in [1.54, 1.807) is 61.6 Å². The number of fused-ring (bicyclic) bond motifs is 3. The Hall–Kier alpha value is -4.44. The number of hydrogen-bond donors (Lipinski definition) is 1. The van der Waals surface area contributed by atoms with Crippen molar-refractivity contribution in [2.24, 2.45) is 12.8 Å². The summed E-state index contributed by atoms with van der Waals surface area (Å²) in [6.07, 6.45) is 0. The Bertz CT molecular complexity index is 1730. The smallest absolute Gasteiger partial charge is 0.258 e. The van der Waals surface area contributed by atoms with Gasteiger partial charge in [-0.2, -0.15) is 0 Å². The second kappa shape index (κ2) is 9.46. The minimum absolute atomic E-state index is 0.0139. The van der Waals surface area contributed by atoms with Crippen molar-refractivity contribution in [2.75, 3.05) is 21.3 Å². The van der Waals surface area contributed by atoms with Crippen LogP contribution in [0.1, 0.15) is 17.0 Å². The maximum atomic E-state index is 14.1. The maximum Gasteiger partial charge on any atom is 0.258 e. The van der Waals surface area contributed by atoms with Crippen molar-refractivity contribution in [1.29, 1.82) is 0 Å². The molecule has 0 spiro atoms. The molecule has 0 amide bonds. The number of methoxy groups -OCH3 is 3. The fraction of sp³-hybridized carbons (Fsp3) is 0.179. The van der Waals surface area contributed by atoms with Gasteiger partial charge >= 0.3 is 0 Å². The Kier molecular flexibility index (Phi) is 6.28. The summed E-state index contributed by atoms with van der Waals surface area (Å²) in [7, 11) is 1.79. The van der Waals surface area contributed by atoms with E-state index in [4.69, 9.17) is 24.7 Å². The van der Waals surface area contributed by atoms with Gasteiger partial charge in [0.15, 0.2) is 11.5 Å². The van der Waals surface area contributed by atoms with E-state index < -0.39 is 21.3 Å². The monoisotopic (exact) mass is 534 g/mol. The third-order valence-electron chi connectivity index (χ3n) is 6.66. The van der Waals surface area contributed by atoms with Gasteiger partial charge in [-0.05, 0) is 42.0 Å². The van der Waals surface area contributed by atoms with Crippen LogP contribution in [0.15, 0.2) is 87.2 Å². The first-order valence-electron chi connectivity index (χ1n) is 11.6. The molecule has 0 saturated carbocycles. The summed E-state index contributed by atoms with van der Waals surface area (Å²) >= 11 is 0. The molecule has 1 unspecified atom stereocenters. The standard InChI is InChI=1S/C28H26N2O7S/c1-30-19-13-9-8-12-18(19)24-23(28(30)31)22(16-14-20(34-2)25(36-4)21(15-16)35-3)26(27(29)37-24)38(32,33)17-10-6-5-7-11-17/h5-15,22H,29H2,1-4H3. The molecule has 1 atom stereocenters. The molecular formula is C28H26N2O7S. The Morgan fingerprint density at radius 1 is 0.895 bits per heavy atom. The summed E-state index contributed by atoms with van der Waals surface area (Å²) in [5.74, 6) is -0.349. The van der Waals surface area contributed by atoms with Gasteiger partial charge in [0.2, 0.25) is 21.5 Å². The van der Waals surface area contributed by atoms with Gasteiger partial charge < -0.3 is 29.2 Å². The van der Waals surface area contributed by atoms with Crippen LogP contribution in [0.3, 0.4) is 0 Å². The lowest BCUT2D eigenvalue weighted by molar-refractivity contribution is 0.323. The molecular weight excluding hydrogens is 508 g/mol. The van der Waals surface area contributed by atoms with Crippen molar-refractivity contribution in [2.45, 2.75) is 10.8 Å². The molecule has 2 N–H and O–H groups in total. The topological polar surface area (TPSA) is 119 Å². The SMILES string of the molecule is COc1cc(C2C(S(=O)(=O)c3ccccc3)=C(N)Oc3c2c(=O)n(C)c2ccccc32)cc(OC)c1OC. The highest BCUT2D eigenvalue weighted by atomic mass is 32.2. The first-order chi connectivity index (χ1) is 18.2. The number of sulfone groups is 1. The van der Waals surface area contributed by atoms with Crippen LogP contribution < -0.4 is 30.2 Å². The zero-order chi connectivity index (χ0) is 27.2. The molecule has 5 rings (SSSR count). The number of benzene rings is 3. The number of nitrogens with two attached hydrogens (primary N) is 1. The highest BCUT2D eigenvalue weighted by Gasteiger charge is 2.42. The third-order valence-corrected chi connectivity index (χ3v) is 8.57. The second-order valence-corrected chi connectivity index (χ2v) is 10.6. The number of pyridine rings is 1. The molecule has 0 bridgehead atoms. The molecule has 196 valence electrons. The van der Waals surface area contributed by atoms with Crippen molar-refractivity contribution in [3.05, 3.63) is 99.0 Å². The molecule has 10 heteroatoms. The molecule has 2 heterocycles. The fourth-order valence-electron chi connectivity index (χ4n) is 4.89. The van der Waals surface area contributed by atoms with E-state index in [0.717, 1.165) is 0 Å². The molecule has 9 nitrogen and oxygen atoms in total. The Balaban J connectivity index is 1.92. The molecule has 0 radical (unpaired) electrons. The molecule has 1 aliphatic heterocycles. The summed E-state index contributed by atoms with van der Waals surface area (Å²) in [4.78, 5) is 13.7. The van der Waals surface area contributed by atoms with Crippen LogP contribution in [0.2, 0.25) is 0 Å². The molecule has 3 aromatic carbocycles. The molecule has 0 fully saturated rings. The second-order valence-electron chi connectivity index (χ2n) is 8.66. The molecule has 38 heavy (non-hydrogen) atoms. The van der Waals surface area contributed by atoms with Crippen molar-refractivity contribution < 1.29 is 27.4 Å². The number of aryl methyl sites for hydroxylation is 1. The Labute approximate surface area is 219 Å². The highest BCUT2D eigenvalue weighted by molar-refractivity contribution is 7.95. The van der Waals surface area contributed by atoms with Gasteiger partial charge in [-0.1, -0.05) is 30.3 Å². The summed E-state index contributed by atoms with van der Waals surface area (Å²) < 4.78 is 52.1. The Morgan fingerprint density at radius 3 is 2.11 bits per heavy atom. The first kappa shape index (κ1) is 25.2. The zero-order valence-corrected chi connectivity index (χ0v) is 22.0. The van der Waals surface area contributed by atoms with E-state index in [1.165, 1.54) is 38.0 Å². The molecule has 4 aromatic rings. The van der Waals surface area contributed by atoms with Crippen molar-refractivity contribution >= 4 is 20.7 Å². The van der Waals surface area contributed by atoms with Crippen LogP contribution in [0.4, 0.5) is 0 Å². The van der Waals surface area contributed by atoms with Crippen LogP contribution in [0.25, 0.3) is 10.9 Å². The molecule has 1 aromatic heterocycles. The quantitative estimate of drug-likeness (QED) is 0.398. The van der Waals surface area contributed by atoms with E-state index in [0.29, 0.717) is 33.7 Å². The van der Waals surface area contributed by atoms with Gasteiger partial charge in [0, 0.05) is 12.4 Å². The van der Waals surface area contributed by atoms with Crippen LogP contribution in [-0.2, 0) is 16.9 Å². The molecule has 0 aliphatic carbocycles. The summed E-state index contributed by atoms with van der Waals surface area (Å²) in [5.41, 5.74) is 7.12. The van der Waals surface area contributed by atoms with Crippen LogP contribution in [0, 0.1) is 0 Å². The number of allylic oxidation sites excluding steroid dienone is 1. The number of para-hydroxylation sites is 1. The molecule has 0 saturated heterocycles. The van der Waals surface area contributed by atoms with E-state index in [-0.39, 0.29) is 27.0 Å². The van der Waals surface area contributed by atoms with E-state index >= 15 is 0 Å². The first-order valence-corrected chi connectivity index (χ1v) is 13.1. The van der Waals surface area contributed by atoms with Gasteiger partial charge in [-0.3, -0.25) is 4.79 Å².